The highest BCUT2D eigenvalue weighted by atomic mass is 19.4. The van der Waals surface area contributed by atoms with Gasteiger partial charge in [-0.15, -0.1) is 0 Å². The molecule has 0 aliphatic rings. The van der Waals surface area contributed by atoms with Crippen molar-refractivity contribution in [1.29, 1.82) is 5.26 Å². The van der Waals surface area contributed by atoms with Crippen LogP contribution in [-0.4, -0.2) is 33.5 Å². The predicted molar refractivity (Wildman–Crippen MR) is 128 cm³/mol. The first-order chi connectivity index (χ1) is 17.0. The number of pyridine rings is 1. The van der Waals surface area contributed by atoms with Gasteiger partial charge >= 0.3 is 6.18 Å². The van der Waals surface area contributed by atoms with Crippen LogP contribution in [0.3, 0.4) is 0 Å². The Balaban J connectivity index is 1.83. The number of fused-ring (bicyclic) bond motifs is 3. The summed E-state index contributed by atoms with van der Waals surface area (Å²) in [4.78, 5) is 41.2. The molecule has 4 rings (SSSR count). The first kappa shape index (κ1) is 24.7. The van der Waals surface area contributed by atoms with Gasteiger partial charge in [-0.25, -0.2) is 0 Å². The van der Waals surface area contributed by atoms with Crippen LogP contribution < -0.4 is 10.9 Å². The van der Waals surface area contributed by atoms with Crippen LogP contribution in [0.4, 0.5) is 13.2 Å². The number of benzene rings is 2. The van der Waals surface area contributed by atoms with Crippen LogP contribution in [0.15, 0.2) is 59.4 Å². The number of aromatic amines is 1. The molecule has 7 nitrogen and oxygen atoms in total. The molecule has 1 unspecified atom stereocenters. The maximum atomic E-state index is 13.5. The number of amides is 1. The molecule has 36 heavy (non-hydrogen) atoms. The molecule has 184 valence electrons. The van der Waals surface area contributed by atoms with Gasteiger partial charge in [-0.3, -0.25) is 19.0 Å². The van der Waals surface area contributed by atoms with E-state index in [9.17, 15) is 32.8 Å². The lowest BCUT2D eigenvalue weighted by molar-refractivity contribution is -0.174. The minimum absolute atomic E-state index is 0.180. The number of hydrogen-bond acceptors (Lipinski definition) is 4. The normalized spacial score (nSPS) is 12.6. The standard InChI is InChI=1S/C26H21F3N4O3/c1-14(2)22(24(35)26(27,28)29)32-21(34)13-33-20(16-6-4-3-5-7-16)11-18-17-9-8-15(12-30)10-19(17)31-23(18)25(33)36/h3-11,14,22,31H,13H2,1-2H3,(H,32,34). The van der Waals surface area contributed by atoms with E-state index in [0.717, 1.165) is 4.57 Å². The second-order valence-electron chi connectivity index (χ2n) is 8.72. The summed E-state index contributed by atoms with van der Waals surface area (Å²) in [5.74, 6) is -3.78. The van der Waals surface area contributed by atoms with Gasteiger partial charge in [0.2, 0.25) is 5.91 Å². The first-order valence-corrected chi connectivity index (χ1v) is 11.1. The quantitative estimate of drug-likeness (QED) is 0.417. The molecule has 0 radical (unpaired) electrons. The number of carbonyl (C=O) groups excluding carboxylic acids is 2. The van der Waals surface area contributed by atoms with E-state index >= 15 is 0 Å². The average Bonchev–Trinajstić information content (AvgIpc) is 3.21. The Hall–Kier alpha value is -4.39. The van der Waals surface area contributed by atoms with E-state index in [1.54, 1.807) is 54.6 Å². The predicted octanol–water partition coefficient (Wildman–Crippen LogP) is 4.29. The number of nitrogens with zero attached hydrogens (tertiary/aromatic N) is 2. The van der Waals surface area contributed by atoms with Crippen molar-refractivity contribution in [1.82, 2.24) is 14.9 Å². The topological polar surface area (TPSA) is 108 Å². The number of hydrogen-bond donors (Lipinski definition) is 2. The Bertz CT molecular complexity index is 1580. The highest BCUT2D eigenvalue weighted by Gasteiger charge is 2.45. The zero-order chi connectivity index (χ0) is 26.2. The molecule has 0 saturated carbocycles. The van der Waals surface area contributed by atoms with Crippen molar-refractivity contribution in [3.05, 3.63) is 70.5 Å². The van der Waals surface area contributed by atoms with Crippen molar-refractivity contribution in [2.75, 3.05) is 0 Å². The van der Waals surface area contributed by atoms with Gasteiger partial charge in [-0.1, -0.05) is 50.2 Å². The fraction of sp³-hybridized carbons (Fsp3) is 0.231. The third-order valence-electron chi connectivity index (χ3n) is 5.92. The van der Waals surface area contributed by atoms with Crippen LogP contribution in [0.25, 0.3) is 33.1 Å². The minimum atomic E-state index is -5.11. The number of aromatic nitrogens is 2. The minimum Gasteiger partial charge on any atom is -0.350 e. The number of carbonyl (C=O) groups is 2. The van der Waals surface area contributed by atoms with Crippen molar-refractivity contribution in [3.8, 4) is 17.3 Å². The van der Waals surface area contributed by atoms with Crippen LogP contribution in [0.2, 0.25) is 0 Å². The van der Waals surface area contributed by atoms with Crippen molar-refractivity contribution in [3.63, 3.8) is 0 Å². The van der Waals surface area contributed by atoms with Crippen LogP contribution in [0.5, 0.6) is 0 Å². The zero-order valence-corrected chi connectivity index (χ0v) is 19.3. The van der Waals surface area contributed by atoms with Crippen molar-refractivity contribution in [2.45, 2.75) is 32.6 Å². The summed E-state index contributed by atoms with van der Waals surface area (Å²) >= 11 is 0. The van der Waals surface area contributed by atoms with Gasteiger partial charge in [0.1, 0.15) is 12.1 Å². The molecular weight excluding hydrogens is 473 g/mol. The summed E-state index contributed by atoms with van der Waals surface area (Å²) in [5.41, 5.74) is 1.54. The molecule has 0 fully saturated rings. The van der Waals surface area contributed by atoms with E-state index < -0.39 is 41.9 Å². The highest BCUT2D eigenvalue weighted by molar-refractivity contribution is 6.08. The Morgan fingerprint density at radius 2 is 1.78 bits per heavy atom. The molecule has 2 aromatic heterocycles. The molecule has 2 aromatic carbocycles. The van der Waals surface area contributed by atoms with E-state index in [1.165, 1.54) is 13.8 Å². The lowest BCUT2D eigenvalue weighted by Crippen LogP contribution is -2.50. The van der Waals surface area contributed by atoms with E-state index in [1.807, 2.05) is 6.07 Å². The van der Waals surface area contributed by atoms with Crippen molar-refractivity contribution >= 4 is 33.5 Å². The van der Waals surface area contributed by atoms with Gasteiger partial charge in [0.15, 0.2) is 0 Å². The maximum Gasteiger partial charge on any atom is 0.452 e. The van der Waals surface area contributed by atoms with Gasteiger partial charge in [-0.2, -0.15) is 18.4 Å². The number of ketones is 1. The van der Waals surface area contributed by atoms with E-state index in [0.29, 0.717) is 33.1 Å². The second-order valence-corrected chi connectivity index (χ2v) is 8.72. The van der Waals surface area contributed by atoms with E-state index in [2.05, 4.69) is 10.3 Å². The number of Topliss-reactive ketones (excluding diaryl/α,β-unsaturated/α-hetero) is 1. The number of nitriles is 1. The zero-order valence-electron chi connectivity index (χ0n) is 19.3. The molecule has 0 aliphatic heterocycles. The molecule has 2 heterocycles. The number of alkyl halides is 3. The van der Waals surface area contributed by atoms with Crippen LogP contribution >= 0.6 is 0 Å². The summed E-state index contributed by atoms with van der Waals surface area (Å²) in [6.07, 6.45) is -5.11. The molecule has 0 bridgehead atoms. The summed E-state index contributed by atoms with van der Waals surface area (Å²) < 4.78 is 40.3. The molecule has 0 saturated heterocycles. The maximum absolute atomic E-state index is 13.5. The van der Waals surface area contributed by atoms with E-state index in [4.69, 9.17) is 0 Å². The first-order valence-electron chi connectivity index (χ1n) is 11.1. The van der Waals surface area contributed by atoms with Gasteiger partial charge in [0.05, 0.1) is 23.4 Å². The lowest BCUT2D eigenvalue weighted by Gasteiger charge is -2.23. The Morgan fingerprint density at radius 1 is 1.08 bits per heavy atom. The van der Waals surface area contributed by atoms with Crippen LogP contribution in [0.1, 0.15) is 19.4 Å². The fourth-order valence-corrected chi connectivity index (χ4v) is 4.15. The van der Waals surface area contributed by atoms with Crippen molar-refractivity contribution in [2.24, 2.45) is 5.92 Å². The summed E-state index contributed by atoms with van der Waals surface area (Å²) in [6.45, 7) is 2.18. The average molecular weight is 494 g/mol. The van der Waals surface area contributed by atoms with Crippen molar-refractivity contribution < 1.29 is 22.8 Å². The van der Waals surface area contributed by atoms with Crippen LogP contribution in [-0.2, 0) is 16.1 Å². The molecule has 1 atom stereocenters. The Kier molecular flexibility index (Phi) is 6.41. The molecule has 2 N–H and O–H groups in total. The highest BCUT2D eigenvalue weighted by Crippen LogP contribution is 2.29. The monoisotopic (exact) mass is 494 g/mol. The summed E-state index contributed by atoms with van der Waals surface area (Å²) in [6, 6.07) is 15.7. The smallest absolute Gasteiger partial charge is 0.350 e. The van der Waals surface area contributed by atoms with Gasteiger partial charge in [0.25, 0.3) is 11.3 Å². The van der Waals surface area contributed by atoms with Gasteiger partial charge in [0, 0.05) is 16.3 Å². The SMILES string of the molecule is CC(C)C(NC(=O)Cn1c(-c2ccccc2)cc2c([nH]c3cc(C#N)ccc32)c1=O)C(=O)C(F)(F)F. The molecule has 10 heteroatoms. The van der Waals surface area contributed by atoms with Crippen LogP contribution in [0, 0.1) is 17.2 Å². The van der Waals surface area contributed by atoms with E-state index in [-0.39, 0.29) is 5.52 Å². The summed E-state index contributed by atoms with van der Waals surface area (Å²) in [7, 11) is 0. The Morgan fingerprint density at radius 3 is 2.39 bits per heavy atom. The molecule has 4 aromatic rings. The third kappa shape index (κ3) is 4.60. The summed E-state index contributed by atoms with van der Waals surface area (Å²) in [5, 5.41) is 12.6. The number of H-pyrrole nitrogens is 1. The number of rotatable bonds is 6. The van der Waals surface area contributed by atoms with Gasteiger partial charge in [-0.05, 0) is 29.7 Å². The number of nitrogens with one attached hydrogen (secondary N) is 2. The number of halogens is 3. The third-order valence-corrected chi connectivity index (χ3v) is 5.92. The van der Waals surface area contributed by atoms with Gasteiger partial charge < -0.3 is 10.3 Å². The largest absolute Gasteiger partial charge is 0.452 e. The Labute approximate surface area is 203 Å². The fourth-order valence-electron chi connectivity index (χ4n) is 4.15. The molecule has 1 amide bonds. The second kappa shape index (κ2) is 9.34. The molecule has 0 aliphatic carbocycles. The molecular formula is C26H21F3N4O3. The molecule has 0 spiro atoms. The lowest BCUT2D eigenvalue weighted by atomic mass is 9.99.